The van der Waals surface area contributed by atoms with Crippen molar-refractivity contribution in [3.63, 3.8) is 0 Å². The largest absolute Gasteiger partial charge is 0.786 e. The fourth-order valence-corrected chi connectivity index (χ4v) is 10.3. The third-order valence-electron chi connectivity index (χ3n) is 12.6. The molecule has 0 aliphatic heterocycles. The Morgan fingerprint density at radius 1 is 0.370 bits per heavy atom. The maximum atomic E-state index is 10.1. The fourth-order valence-electron chi connectivity index (χ4n) is 8.10. The van der Waals surface area contributed by atoms with E-state index in [0.29, 0.717) is 0 Å². The molecule has 2 heterocycles. The molecule has 9 heteroatoms. The molecular weight excluding hydrogens is 963 g/mol. The molecule has 0 saturated heterocycles. The summed E-state index contributed by atoms with van der Waals surface area (Å²) < 4.78 is 30.4. The summed E-state index contributed by atoms with van der Waals surface area (Å²) in [5.74, 6) is 1.90. The van der Waals surface area contributed by atoms with Crippen LogP contribution in [0.3, 0.4) is 0 Å². The van der Waals surface area contributed by atoms with E-state index in [1.54, 1.807) is 0 Å². The van der Waals surface area contributed by atoms with Gasteiger partial charge in [0.1, 0.15) is 19.4 Å². The van der Waals surface area contributed by atoms with Crippen LogP contribution < -0.4 is 19.3 Å². The molecule has 0 fully saturated rings. The molecule has 0 bridgehead atoms. The smallest absolute Gasteiger partial charge is 0.239 e. The van der Waals surface area contributed by atoms with Crippen molar-refractivity contribution >= 4 is 30.6 Å². The number of ether oxygens (including phenoxy) is 2. The van der Waals surface area contributed by atoms with E-state index < -0.39 is 7.91 Å². The van der Waals surface area contributed by atoms with Crippen LogP contribution in [-0.2, 0) is 30.2 Å². The second-order valence-corrected chi connectivity index (χ2v) is 21.0. The van der Waals surface area contributed by atoms with Crippen LogP contribution in [0.2, 0.25) is 0 Å². The highest BCUT2D eigenvalue weighted by molar-refractivity contribution is 7.42. The zero-order valence-corrected chi connectivity index (χ0v) is 45.9. The molecule has 0 unspecified atom stereocenters. The fraction of sp³-hybridized carbons (Fsp3) is 0.281. The molecule has 380 valence electrons. The third-order valence-corrected chi connectivity index (χ3v) is 14.9. The SMILES string of the molecule is CCCCCOc1ccc(-c2cc(-c3ccc(CC)cc3)[s+]c(-c3ccc(CC)cc3)c2)cc1.CCCCCOc1ccc(-c2cc(-c3ccc(CC)cc3)[s+]c(-c3ccc(CC)cc3)c2)cc1.O=P([O-])([O-])F. The van der Waals surface area contributed by atoms with Crippen molar-refractivity contribution in [1.29, 1.82) is 0 Å². The van der Waals surface area contributed by atoms with Crippen LogP contribution in [0.4, 0.5) is 4.20 Å². The molecule has 0 atom stereocenters. The number of unbranched alkanes of at least 4 members (excludes halogenated alkanes) is 4. The van der Waals surface area contributed by atoms with E-state index in [2.05, 4.69) is 211 Å². The summed E-state index contributed by atoms with van der Waals surface area (Å²) in [6.45, 7) is 14.8. The number of halogens is 1. The Bertz CT molecular complexity index is 2600. The first kappa shape index (κ1) is 56.4. The summed E-state index contributed by atoms with van der Waals surface area (Å²) >= 11 is 3.72. The molecule has 73 heavy (non-hydrogen) atoms. The van der Waals surface area contributed by atoms with Crippen LogP contribution in [0.25, 0.3) is 64.0 Å². The van der Waals surface area contributed by atoms with Gasteiger partial charge in [0.15, 0.2) is 0 Å². The summed E-state index contributed by atoms with van der Waals surface area (Å²) in [7, 11) is -5.64. The Balaban J connectivity index is 0.000000218. The van der Waals surface area contributed by atoms with Crippen LogP contribution in [0.5, 0.6) is 11.5 Å². The first-order valence-electron chi connectivity index (χ1n) is 25.9. The van der Waals surface area contributed by atoms with Crippen molar-refractivity contribution in [3.05, 3.63) is 192 Å². The molecule has 0 spiro atoms. The molecule has 0 N–H and O–H groups in total. The zero-order chi connectivity index (χ0) is 52.0. The zero-order valence-electron chi connectivity index (χ0n) is 43.3. The Morgan fingerprint density at radius 3 is 0.822 bits per heavy atom. The minimum atomic E-state index is -5.64. The van der Waals surface area contributed by atoms with E-state index in [9.17, 15) is 4.20 Å². The maximum Gasteiger partial charge on any atom is 0.239 e. The van der Waals surface area contributed by atoms with E-state index in [4.69, 9.17) is 23.8 Å². The van der Waals surface area contributed by atoms with Crippen LogP contribution in [0, 0.1) is 0 Å². The van der Waals surface area contributed by atoms with Gasteiger partial charge in [0, 0.05) is 46.5 Å². The van der Waals surface area contributed by atoms with Crippen molar-refractivity contribution < 1.29 is 28.0 Å². The van der Waals surface area contributed by atoms with E-state index in [0.717, 1.165) is 63.2 Å². The van der Waals surface area contributed by atoms with Crippen LogP contribution in [0.15, 0.2) is 170 Å². The summed E-state index contributed by atoms with van der Waals surface area (Å²) in [6, 6.07) is 62.4. The predicted molar refractivity (Wildman–Crippen MR) is 306 cm³/mol. The predicted octanol–water partition coefficient (Wildman–Crippen LogP) is 18.2. The number of hydrogen-bond acceptors (Lipinski definition) is 5. The van der Waals surface area contributed by atoms with E-state index in [1.807, 2.05) is 22.7 Å². The molecule has 0 amide bonds. The Hall–Kier alpha value is -5.86. The van der Waals surface area contributed by atoms with Crippen molar-refractivity contribution in [3.8, 4) is 75.5 Å². The average Bonchev–Trinajstić information content (AvgIpc) is 3.43. The summed E-state index contributed by atoms with van der Waals surface area (Å²) in [6.07, 6.45) is 11.3. The lowest BCUT2D eigenvalue weighted by Crippen LogP contribution is -2.07. The second kappa shape index (κ2) is 29.1. The van der Waals surface area contributed by atoms with Gasteiger partial charge in [0.25, 0.3) is 0 Å². The Kier molecular flexibility index (Phi) is 22.5. The first-order valence-corrected chi connectivity index (χ1v) is 29.0. The molecule has 0 saturated carbocycles. The number of benzene rings is 6. The summed E-state index contributed by atoms with van der Waals surface area (Å²) in [5, 5.41) is 0. The van der Waals surface area contributed by atoms with Gasteiger partial charge in [0.2, 0.25) is 42.2 Å². The highest BCUT2D eigenvalue weighted by atomic mass is 32.1. The van der Waals surface area contributed by atoms with Crippen LogP contribution >= 0.6 is 30.6 Å². The van der Waals surface area contributed by atoms with Crippen molar-refractivity contribution in [1.82, 2.24) is 0 Å². The van der Waals surface area contributed by atoms with Gasteiger partial charge in [-0.3, -0.25) is 0 Å². The molecular formula is C64H70FO5PS2. The molecule has 0 aliphatic carbocycles. The lowest BCUT2D eigenvalue weighted by atomic mass is 10.0. The molecule has 5 nitrogen and oxygen atoms in total. The molecule has 0 aliphatic rings. The summed E-state index contributed by atoms with van der Waals surface area (Å²) in [5.41, 5.74) is 15.5. The quantitative estimate of drug-likeness (QED) is 0.0432. The highest BCUT2D eigenvalue weighted by Crippen LogP contribution is 2.40. The number of rotatable bonds is 20. The Morgan fingerprint density at radius 2 is 0.603 bits per heavy atom. The molecule has 2 aromatic heterocycles. The third kappa shape index (κ3) is 18.2. The van der Waals surface area contributed by atoms with Gasteiger partial charge in [-0.15, -0.1) is 0 Å². The number of aryl methyl sites for hydroxylation is 4. The van der Waals surface area contributed by atoms with Crippen LogP contribution in [0.1, 0.15) is 102 Å². The van der Waals surface area contributed by atoms with Gasteiger partial charge in [-0.1, -0.05) is 140 Å². The average molecular weight is 1030 g/mol. The number of hydrogen-bond donors (Lipinski definition) is 0. The van der Waals surface area contributed by atoms with Crippen molar-refractivity contribution in [2.75, 3.05) is 13.2 Å². The van der Waals surface area contributed by atoms with Gasteiger partial charge < -0.3 is 23.8 Å². The van der Waals surface area contributed by atoms with Crippen molar-refractivity contribution in [2.45, 2.75) is 106 Å². The minimum Gasteiger partial charge on any atom is -0.786 e. The maximum absolute atomic E-state index is 10.1. The normalized spacial score (nSPS) is 11.0. The first-order chi connectivity index (χ1) is 35.4. The highest BCUT2D eigenvalue weighted by Gasteiger charge is 2.21. The van der Waals surface area contributed by atoms with Gasteiger partial charge in [-0.25, -0.2) is 4.20 Å². The van der Waals surface area contributed by atoms with Crippen molar-refractivity contribution in [2.24, 2.45) is 0 Å². The summed E-state index contributed by atoms with van der Waals surface area (Å²) in [4.78, 5) is 22.0. The molecule has 8 rings (SSSR count). The van der Waals surface area contributed by atoms with Gasteiger partial charge in [0.05, 0.1) is 13.2 Å². The lowest BCUT2D eigenvalue weighted by molar-refractivity contribution is -0.328. The molecule has 0 radical (unpaired) electrons. The van der Waals surface area contributed by atoms with E-state index >= 15 is 0 Å². The van der Waals surface area contributed by atoms with E-state index in [1.165, 1.54) is 112 Å². The second-order valence-electron chi connectivity index (χ2n) is 17.9. The minimum absolute atomic E-state index is 0.788. The molecule has 8 aromatic rings. The topological polar surface area (TPSA) is 81.7 Å². The van der Waals surface area contributed by atoms with E-state index in [-0.39, 0.29) is 0 Å². The lowest BCUT2D eigenvalue weighted by Gasteiger charge is -2.15. The monoisotopic (exact) mass is 1030 g/mol. The standard InChI is InChI=1S/2C32H35OS.FH2O3P/c2*1-4-7-8-21-33-30-19-17-26(18-20-30)29-22-31(27-13-9-24(5-2)10-14-27)34-32(23-29)28-15-11-25(6-3)12-16-28;1-5(2,3)4/h2*9-20,22-23H,4-8,21H2,1-3H3;(H2,2,3,4)/q2*+1;/p-2. The van der Waals surface area contributed by atoms with Gasteiger partial charge >= 0.3 is 0 Å². The van der Waals surface area contributed by atoms with Crippen LogP contribution in [-0.4, -0.2) is 13.2 Å². The molecule has 6 aromatic carbocycles. The van der Waals surface area contributed by atoms with Gasteiger partial charge in [-0.2, -0.15) is 0 Å². The van der Waals surface area contributed by atoms with Gasteiger partial charge in [-0.05, 0) is 156 Å². The Labute approximate surface area is 442 Å².